The molecule has 1 aliphatic rings. The fraction of sp³-hybridized carbons (Fsp3) is 1.00. The van der Waals surface area contributed by atoms with Crippen LogP contribution in [0, 0.1) is 23.7 Å². The molecule has 4 unspecified atom stereocenters. The monoisotopic (exact) mass is 156 g/mol. The van der Waals surface area contributed by atoms with Crippen molar-refractivity contribution in [3.63, 3.8) is 0 Å². The molecule has 0 saturated heterocycles. The van der Waals surface area contributed by atoms with E-state index in [0.717, 1.165) is 0 Å². The van der Waals surface area contributed by atoms with Gasteiger partial charge in [-0.1, -0.05) is 27.7 Å². The third-order valence-electron chi connectivity index (χ3n) is 3.62. The maximum absolute atomic E-state index is 9.79. The van der Waals surface area contributed by atoms with Crippen molar-refractivity contribution in [2.24, 2.45) is 23.7 Å². The van der Waals surface area contributed by atoms with E-state index in [4.69, 9.17) is 0 Å². The summed E-state index contributed by atoms with van der Waals surface area (Å²) in [5, 5.41) is 9.79. The van der Waals surface area contributed by atoms with Gasteiger partial charge in [0, 0.05) is 0 Å². The van der Waals surface area contributed by atoms with Crippen molar-refractivity contribution in [1.29, 1.82) is 0 Å². The summed E-state index contributed by atoms with van der Waals surface area (Å²) in [6.07, 6.45) is 1.20. The van der Waals surface area contributed by atoms with Crippen molar-refractivity contribution in [1.82, 2.24) is 0 Å². The lowest BCUT2D eigenvalue weighted by atomic mass is 9.69. The van der Waals surface area contributed by atoms with E-state index in [2.05, 4.69) is 27.7 Å². The Hall–Kier alpha value is -0.0400. The van der Waals surface area contributed by atoms with Crippen molar-refractivity contribution in [2.75, 3.05) is 0 Å². The zero-order valence-electron chi connectivity index (χ0n) is 8.04. The molecule has 0 aromatic heterocycles. The van der Waals surface area contributed by atoms with E-state index < -0.39 is 0 Å². The molecule has 1 fully saturated rings. The fourth-order valence-electron chi connectivity index (χ4n) is 2.17. The molecule has 1 rings (SSSR count). The van der Waals surface area contributed by atoms with Crippen LogP contribution in [0.1, 0.15) is 34.1 Å². The van der Waals surface area contributed by atoms with E-state index in [9.17, 15) is 5.11 Å². The van der Waals surface area contributed by atoms with Crippen molar-refractivity contribution >= 4 is 0 Å². The number of aliphatic hydroxyl groups excluding tert-OH is 1. The first-order valence-electron chi connectivity index (χ1n) is 4.72. The zero-order chi connectivity index (χ0) is 8.59. The molecule has 1 heteroatoms. The fourth-order valence-corrected chi connectivity index (χ4v) is 2.17. The first-order valence-corrected chi connectivity index (χ1v) is 4.72. The average molecular weight is 156 g/mol. The number of aliphatic hydroxyl groups is 1. The molecule has 0 aromatic carbocycles. The molecule has 0 radical (unpaired) electrons. The Bertz CT molecular complexity index is 119. The highest BCUT2D eigenvalue weighted by Crippen LogP contribution is 2.37. The summed E-state index contributed by atoms with van der Waals surface area (Å²) in [6, 6.07) is 0. The Labute approximate surface area is 69.8 Å². The lowest BCUT2D eigenvalue weighted by Gasteiger charge is -2.39. The lowest BCUT2D eigenvalue weighted by molar-refractivity contribution is -0.0217. The normalized spacial score (nSPS) is 52.6. The molecular formula is C10H20O. The van der Waals surface area contributed by atoms with E-state index in [1.807, 2.05) is 0 Å². The Morgan fingerprint density at radius 3 is 1.64 bits per heavy atom. The van der Waals surface area contributed by atoms with E-state index in [1.165, 1.54) is 6.42 Å². The van der Waals surface area contributed by atoms with Gasteiger partial charge in [0.25, 0.3) is 0 Å². The van der Waals surface area contributed by atoms with Crippen LogP contribution >= 0.6 is 0 Å². The molecule has 1 N–H and O–H groups in total. The van der Waals surface area contributed by atoms with Gasteiger partial charge in [-0.05, 0) is 30.1 Å². The zero-order valence-corrected chi connectivity index (χ0v) is 8.04. The minimum absolute atomic E-state index is 0.0752. The molecule has 0 aliphatic heterocycles. The Morgan fingerprint density at radius 1 is 0.909 bits per heavy atom. The first-order chi connectivity index (χ1) is 5.04. The predicted molar refractivity (Wildman–Crippen MR) is 47.3 cm³/mol. The van der Waals surface area contributed by atoms with Crippen LogP contribution in [0.25, 0.3) is 0 Å². The van der Waals surface area contributed by atoms with Crippen molar-refractivity contribution < 1.29 is 5.11 Å². The van der Waals surface area contributed by atoms with Crippen LogP contribution in [-0.4, -0.2) is 11.2 Å². The van der Waals surface area contributed by atoms with Gasteiger partial charge in [0.05, 0.1) is 6.10 Å². The molecule has 66 valence electrons. The molecule has 1 saturated carbocycles. The largest absolute Gasteiger partial charge is 0.393 e. The third kappa shape index (κ3) is 1.58. The molecule has 0 bridgehead atoms. The van der Waals surface area contributed by atoms with Gasteiger partial charge in [-0.3, -0.25) is 0 Å². The van der Waals surface area contributed by atoms with Crippen LogP contribution in [0.2, 0.25) is 0 Å². The Balaban J connectivity index is 2.63. The Morgan fingerprint density at radius 2 is 1.27 bits per heavy atom. The van der Waals surface area contributed by atoms with Crippen LogP contribution in [0.4, 0.5) is 0 Å². The van der Waals surface area contributed by atoms with Crippen LogP contribution in [0.5, 0.6) is 0 Å². The van der Waals surface area contributed by atoms with E-state index in [0.29, 0.717) is 23.7 Å². The maximum atomic E-state index is 9.79. The summed E-state index contributed by atoms with van der Waals surface area (Å²) >= 11 is 0. The van der Waals surface area contributed by atoms with Gasteiger partial charge in [0.1, 0.15) is 0 Å². The van der Waals surface area contributed by atoms with Crippen LogP contribution in [0.15, 0.2) is 0 Å². The van der Waals surface area contributed by atoms with Crippen molar-refractivity contribution in [2.45, 2.75) is 40.2 Å². The van der Waals surface area contributed by atoms with Gasteiger partial charge in [-0.2, -0.15) is 0 Å². The van der Waals surface area contributed by atoms with Gasteiger partial charge in [-0.25, -0.2) is 0 Å². The first kappa shape index (κ1) is 9.05. The van der Waals surface area contributed by atoms with Gasteiger partial charge >= 0.3 is 0 Å². The molecule has 0 aromatic rings. The number of hydrogen-bond acceptors (Lipinski definition) is 1. The summed E-state index contributed by atoms with van der Waals surface area (Å²) in [5.74, 6) is 2.36. The molecule has 11 heavy (non-hydrogen) atoms. The number of hydrogen-bond donors (Lipinski definition) is 1. The summed E-state index contributed by atoms with van der Waals surface area (Å²) in [6.45, 7) is 8.82. The van der Waals surface area contributed by atoms with E-state index in [-0.39, 0.29) is 6.10 Å². The van der Waals surface area contributed by atoms with E-state index >= 15 is 0 Å². The van der Waals surface area contributed by atoms with Crippen molar-refractivity contribution in [3.8, 4) is 0 Å². The standard InChI is InChI=1S/C10H20O/c1-6-5-7(2)9(4)10(11)8(6)3/h6-11H,5H2,1-4H3. The van der Waals surface area contributed by atoms with Gasteiger partial charge in [0.15, 0.2) is 0 Å². The number of rotatable bonds is 0. The quantitative estimate of drug-likeness (QED) is 0.570. The molecule has 4 atom stereocenters. The van der Waals surface area contributed by atoms with Crippen LogP contribution < -0.4 is 0 Å². The highest BCUT2D eigenvalue weighted by Gasteiger charge is 2.34. The Kier molecular flexibility index (Phi) is 2.58. The van der Waals surface area contributed by atoms with Gasteiger partial charge in [-0.15, -0.1) is 0 Å². The van der Waals surface area contributed by atoms with Crippen LogP contribution in [-0.2, 0) is 0 Å². The molecule has 0 heterocycles. The summed E-state index contributed by atoms with van der Waals surface area (Å²) in [7, 11) is 0. The molecule has 0 amide bonds. The lowest BCUT2D eigenvalue weighted by Crippen LogP contribution is -2.39. The highest BCUT2D eigenvalue weighted by molar-refractivity contribution is 4.84. The minimum Gasteiger partial charge on any atom is -0.393 e. The third-order valence-corrected chi connectivity index (χ3v) is 3.62. The molecule has 1 aliphatic carbocycles. The second kappa shape index (κ2) is 3.14. The van der Waals surface area contributed by atoms with Crippen molar-refractivity contribution in [3.05, 3.63) is 0 Å². The topological polar surface area (TPSA) is 20.2 Å². The summed E-state index contributed by atoms with van der Waals surface area (Å²) < 4.78 is 0. The average Bonchev–Trinajstić information content (AvgIpc) is 1.97. The minimum atomic E-state index is -0.0752. The van der Waals surface area contributed by atoms with Gasteiger partial charge in [0.2, 0.25) is 0 Å². The maximum Gasteiger partial charge on any atom is 0.0596 e. The molecule has 0 spiro atoms. The van der Waals surface area contributed by atoms with Crippen LogP contribution in [0.3, 0.4) is 0 Å². The summed E-state index contributed by atoms with van der Waals surface area (Å²) in [4.78, 5) is 0. The SMILES string of the molecule is CC1CC(C)C(C)C(O)C1C. The summed E-state index contributed by atoms with van der Waals surface area (Å²) in [5.41, 5.74) is 0. The van der Waals surface area contributed by atoms with Gasteiger partial charge < -0.3 is 5.11 Å². The second-order valence-corrected chi connectivity index (χ2v) is 4.40. The molecule has 1 nitrogen and oxygen atoms in total. The van der Waals surface area contributed by atoms with E-state index in [1.54, 1.807) is 0 Å². The predicted octanol–water partition coefficient (Wildman–Crippen LogP) is 2.30. The molecular weight excluding hydrogens is 136 g/mol. The highest BCUT2D eigenvalue weighted by atomic mass is 16.3. The second-order valence-electron chi connectivity index (χ2n) is 4.40. The smallest absolute Gasteiger partial charge is 0.0596 e.